The molecule has 0 aliphatic carbocycles. The zero-order valence-electron chi connectivity index (χ0n) is 12.7. The molecule has 0 aliphatic rings. The maximum atomic E-state index is 12.1. The molecule has 1 heterocycles. The van der Waals surface area contributed by atoms with Gasteiger partial charge in [0, 0.05) is 11.6 Å². The average molecular weight is 357 g/mol. The first kappa shape index (κ1) is 17.4. The zero-order chi connectivity index (χ0) is 17.0. The van der Waals surface area contributed by atoms with E-state index < -0.39 is 15.9 Å². The fraction of sp³-hybridized carbons (Fsp3) is 0.267. The van der Waals surface area contributed by atoms with E-state index in [0.29, 0.717) is 10.7 Å². The highest BCUT2D eigenvalue weighted by molar-refractivity contribution is 7.92. The normalized spacial score (nSPS) is 11.3. The van der Waals surface area contributed by atoms with Crippen molar-refractivity contribution in [2.45, 2.75) is 6.92 Å². The van der Waals surface area contributed by atoms with E-state index in [0.717, 1.165) is 11.8 Å². The lowest BCUT2D eigenvalue weighted by Crippen LogP contribution is -2.38. The van der Waals surface area contributed by atoms with Gasteiger partial charge in [0.2, 0.25) is 10.0 Å². The Morgan fingerprint density at radius 2 is 2.09 bits per heavy atom. The number of carbonyl (C=O) groups is 1. The maximum absolute atomic E-state index is 12.1. The highest BCUT2D eigenvalue weighted by Gasteiger charge is 2.20. The van der Waals surface area contributed by atoms with Gasteiger partial charge in [0.1, 0.15) is 0 Å². The van der Waals surface area contributed by atoms with Gasteiger partial charge >= 0.3 is 0 Å². The van der Waals surface area contributed by atoms with E-state index in [4.69, 9.17) is 16.0 Å². The summed E-state index contributed by atoms with van der Waals surface area (Å²) >= 11 is 5.96. The summed E-state index contributed by atoms with van der Waals surface area (Å²) in [6.45, 7) is 2.02. The average Bonchev–Trinajstić information content (AvgIpc) is 2.99. The van der Waals surface area contributed by atoms with Crippen LogP contribution in [0.4, 0.5) is 5.69 Å². The summed E-state index contributed by atoms with van der Waals surface area (Å²) < 4.78 is 30.3. The molecule has 1 N–H and O–H groups in total. The van der Waals surface area contributed by atoms with Crippen LogP contribution in [0, 0.1) is 6.92 Å². The van der Waals surface area contributed by atoms with E-state index in [2.05, 4.69) is 5.32 Å². The van der Waals surface area contributed by atoms with Crippen LogP contribution in [0.3, 0.4) is 0 Å². The molecule has 23 heavy (non-hydrogen) atoms. The molecule has 0 unspecified atom stereocenters. The number of benzene rings is 1. The number of halogens is 1. The summed E-state index contributed by atoms with van der Waals surface area (Å²) in [5.74, 6) is -0.221. The Hall–Kier alpha value is -1.99. The van der Waals surface area contributed by atoms with Gasteiger partial charge < -0.3 is 9.73 Å². The third-order valence-corrected chi connectivity index (χ3v) is 4.60. The largest absolute Gasteiger partial charge is 0.459 e. The predicted octanol–water partition coefficient (Wildman–Crippen LogP) is 2.44. The van der Waals surface area contributed by atoms with Crippen molar-refractivity contribution in [1.82, 2.24) is 5.32 Å². The highest BCUT2D eigenvalue weighted by Crippen LogP contribution is 2.25. The van der Waals surface area contributed by atoms with Gasteiger partial charge in [-0.1, -0.05) is 17.7 Å². The summed E-state index contributed by atoms with van der Waals surface area (Å²) in [5, 5.41) is 3.06. The van der Waals surface area contributed by atoms with E-state index in [-0.39, 0.29) is 18.8 Å². The number of nitrogens with one attached hydrogen (secondary N) is 1. The fourth-order valence-electron chi connectivity index (χ4n) is 2.08. The van der Waals surface area contributed by atoms with Crippen LogP contribution in [-0.4, -0.2) is 33.7 Å². The summed E-state index contributed by atoms with van der Waals surface area (Å²) in [6.07, 6.45) is 2.51. The Labute approximate surface area is 140 Å². The molecule has 2 aromatic rings. The van der Waals surface area contributed by atoms with E-state index in [1.807, 2.05) is 0 Å². The van der Waals surface area contributed by atoms with Crippen molar-refractivity contribution in [2.24, 2.45) is 0 Å². The lowest BCUT2D eigenvalue weighted by Gasteiger charge is -2.24. The molecule has 124 valence electrons. The molecule has 1 amide bonds. The number of carbonyl (C=O) groups excluding carboxylic acids is 1. The van der Waals surface area contributed by atoms with E-state index >= 15 is 0 Å². The molecule has 0 saturated heterocycles. The molecule has 0 bridgehead atoms. The molecule has 0 spiro atoms. The van der Waals surface area contributed by atoms with Gasteiger partial charge in [0.05, 0.1) is 24.8 Å². The summed E-state index contributed by atoms with van der Waals surface area (Å²) in [4.78, 5) is 11.8. The van der Waals surface area contributed by atoms with Crippen LogP contribution in [0.15, 0.2) is 41.0 Å². The maximum Gasteiger partial charge on any atom is 0.287 e. The number of aryl methyl sites for hydroxylation is 1. The second-order valence-electron chi connectivity index (χ2n) is 5.00. The molecular weight excluding hydrogens is 340 g/mol. The smallest absolute Gasteiger partial charge is 0.287 e. The van der Waals surface area contributed by atoms with Crippen LogP contribution in [-0.2, 0) is 10.0 Å². The number of nitrogens with zero attached hydrogens (tertiary/aromatic N) is 1. The minimum absolute atomic E-state index is 0.0897. The minimum atomic E-state index is -3.51. The van der Waals surface area contributed by atoms with Crippen LogP contribution in [0.2, 0.25) is 5.02 Å². The molecule has 0 aliphatic heterocycles. The number of rotatable bonds is 6. The molecule has 1 aromatic heterocycles. The summed E-state index contributed by atoms with van der Waals surface area (Å²) in [5.41, 5.74) is 1.27. The Bertz CT molecular complexity index is 788. The number of amides is 1. The number of hydrogen-bond donors (Lipinski definition) is 1. The monoisotopic (exact) mass is 356 g/mol. The van der Waals surface area contributed by atoms with Crippen molar-refractivity contribution in [3.8, 4) is 0 Å². The number of anilines is 1. The minimum Gasteiger partial charge on any atom is -0.459 e. The van der Waals surface area contributed by atoms with E-state index in [1.54, 1.807) is 31.2 Å². The molecule has 0 fully saturated rings. The Kier molecular flexibility index (Phi) is 5.33. The molecule has 0 radical (unpaired) electrons. The number of furan rings is 1. The van der Waals surface area contributed by atoms with Crippen LogP contribution in [0.25, 0.3) is 0 Å². The van der Waals surface area contributed by atoms with Crippen LogP contribution in [0.5, 0.6) is 0 Å². The van der Waals surface area contributed by atoms with Crippen molar-refractivity contribution in [2.75, 3.05) is 23.7 Å². The van der Waals surface area contributed by atoms with Crippen LogP contribution < -0.4 is 9.62 Å². The lowest BCUT2D eigenvalue weighted by atomic mass is 10.2. The lowest BCUT2D eigenvalue weighted by molar-refractivity contribution is 0.0927. The van der Waals surface area contributed by atoms with E-state index in [9.17, 15) is 13.2 Å². The Morgan fingerprint density at radius 3 is 2.70 bits per heavy atom. The Morgan fingerprint density at radius 1 is 1.35 bits per heavy atom. The first-order valence-electron chi connectivity index (χ1n) is 6.84. The van der Waals surface area contributed by atoms with Gasteiger partial charge in [-0.05, 0) is 36.8 Å². The standard InChI is InChI=1S/C15H17ClN2O4S/c1-11-5-6-12(16)10-13(11)18(23(2,20)21)8-7-17-15(19)14-4-3-9-22-14/h3-6,9-10H,7-8H2,1-2H3,(H,17,19). The quantitative estimate of drug-likeness (QED) is 0.862. The second-order valence-corrected chi connectivity index (χ2v) is 7.34. The zero-order valence-corrected chi connectivity index (χ0v) is 14.3. The second kappa shape index (κ2) is 7.06. The SMILES string of the molecule is Cc1ccc(Cl)cc1N(CCNC(=O)c1ccco1)S(C)(=O)=O. The van der Waals surface area contributed by atoms with Crippen molar-refractivity contribution in [3.63, 3.8) is 0 Å². The summed E-state index contributed by atoms with van der Waals surface area (Å²) in [7, 11) is -3.51. The van der Waals surface area contributed by atoms with E-state index in [1.165, 1.54) is 16.6 Å². The molecule has 0 saturated carbocycles. The van der Waals surface area contributed by atoms with Crippen molar-refractivity contribution < 1.29 is 17.6 Å². The molecule has 6 nitrogen and oxygen atoms in total. The first-order valence-corrected chi connectivity index (χ1v) is 9.07. The third-order valence-electron chi connectivity index (χ3n) is 3.19. The molecule has 2 rings (SSSR count). The number of hydrogen-bond acceptors (Lipinski definition) is 4. The molecular formula is C15H17ClN2O4S. The molecule has 8 heteroatoms. The Balaban J connectivity index is 2.11. The van der Waals surface area contributed by atoms with Crippen molar-refractivity contribution in [1.29, 1.82) is 0 Å². The summed E-state index contributed by atoms with van der Waals surface area (Å²) in [6, 6.07) is 8.17. The molecule has 1 aromatic carbocycles. The van der Waals surface area contributed by atoms with Gasteiger partial charge in [-0.3, -0.25) is 9.10 Å². The van der Waals surface area contributed by atoms with Crippen LogP contribution in [0.1, 0.15) is 16.1 Å². The first-order chi connectivity index (χ1) is 10.8. The van der Waals surface area contributed by atoms with Gasteiger partial charge in [-0.25, -0.2) is 8.42 Å². The third kappa shape index (κ3) is 4.49. The van der Waals surface area contributed by atoms with Crippen molar-refractivity contribution in [3.05, 3.63) is 52.9 Å². The number of sulfonamides is 1. The van der Waals surface area contributed by atoms with Gasteiger partial charge in [-0.15, -0.1) is 0 Å². The van der Waals surface area contributed by atoms with Crippen LogP contribution >= 0.6 is 11.6 Å². The van der Waals surface area contributed by atoms with Crippen molar-refractivity contribution >= 4 is 33.2 Å². The molecule has 0 atom stereocenters. The highest BCUT2D eigenvalue weighted by atomic mass is 35.5. The predicted molar refractivity (Wildman–Crippen MR) is 89.4 cm³/mol. The topological polar surface area (TPSA) is 79.6 Å². The van der Waals surface area contributed by atoms with Gasteiger partial charge in [0.15, 0.2) is 5.76 Å². The fourth-order valence-corrected chi connectivity index (χ4v) is 3.23. The van der Waals surface area contributed by atoms with Gasteiger partial charge in [-0.2, -0.15) is 0 Å². The van der Waals surface area contributed by atoms with Gasteiger partial charge in [0.25, 0.3) is 5.91 Å².